The highest BCUT2D eigenvalue weighted by atomic mass is 16.2. The van der Waals surface area contributed by atoms with Crippen molar-refractivity contribution in [2.75, 3.05) is 14.1 Å². The summed E-state index contributed by atoms with van der Waals surface area (Å²) in [5, 5.41) is 0. The van der Waals surface area contributed by atoms with E-state index < -0.39 is 23.9 Å². The number of aromatic nitrogens is 3. The van der Waals surface area contributed by atoms with E-state index in [4.69, 9.17) is 0 Å². The van der Waals surface area contributed by atoms with Crippen molar-refractivity contribution in [2.24, 2.45) is 17.6 Å². The van der Waals surface area contributed by atoms with Crippen LogP contribution in [0.25, 0.3) is 0 Å². The molecular weight excluding hydrogens is 590 g/mol. The van der Waals surface area contributed by atoms with Gasteiger partial charge in [0.25, 0.3) is 0 Å². The fourth-order valence-corrected chi connectivity index (χ4v) is 4.92. The van der Waals surface area contributed by atoms with Crippen molar-refractivity contribution >= 4 is 41.0 Å². The smallest absolute Gasteiger partial charge is 0.168 e. The van der Waals surface area contributed by atoms with Gasteiger partial charge in [0.1, 0.15) is 34.6 Å². The van der Waals surface area contributed by atoms with E-state index in [9.17, 15) is 33.6 Å². The standard InChI is InChI=1S/C20H21N3O3.C7H10O3.C6H5NO.CH5N/c1-12(24)16-18(14-8-4-6-10-21-14)23(3)19(15-9-5-7-11-22-15)17(13(2)25)20(16)26;1-5(8)3-7(10)4-6(2)9;8-5-6-3-1-2-4-7-6;1-2/h4-11,16-19H,1-3H3;3-4H2,1-2H3;1-5H;2H2,1H3. The first-order chi connectivity index (χ1) is 21.9. The zero-order valence-electron chi connectivity index (χ0n) is 27.0. The number of hydrogen-bond acceptors (Lipinski definition) is 12. The molecule has 1 aliphatic heterocycles. The third-order valence-corrected chi connectivity index (χ3v) is 6.68. The number of carbonyl (C=O) groups excluding carboxylic acids is 7. The van der Waals surface area contributed by atoms with Gasteiger partial charge in [0, 0.05) is 18.6 Å². The number of nitrogens with zero attached hydrogens (tertiary/aromatic N) is 4. The SMILES string of the molecule is CC(=O)C1C(=O)C(C(C)=O)C(c2ccccn2)N(C)C1c1ccccn1.CC(=O)CC(=O)CC(C)=O.CN.O=Cc1ccccn1. The molecule has 12 heteroatoms. The lowest BCUT2D eigenvalue weighted by Gasteiger charge is -2.45. The summed E-state index contributed by atoms with van der Waals surface area (Å²) in [4.78, 5) is 93.4. The maximum absolute atomic E-state index is 13.2. The molecule has 0 saturated carbocycles. The van der Waals surface area contributed by atoms with Gasteiger partial charge in [-0.2, -0.15) is 0 Å². The maximum Gasteiger partial charge on any atom is 0.168 e. The summed E-state index contributed by atoms with van der Waals surface area (Å²) >= 11 is 0. The summed E-state index contributed by atoms with van der Waals surface area (Å²) in [7, 11) is 3.32. The zero-order chi connectivity index (χ0) is 34.8. The van der Waals surface area contributed by atoms with Crippen LogP contribution in [0.1, 0.15) is 74.5 Å². The van der Waals surface area contributed by atoms with Crippen molar-refractivity contribution in [1.82, 2.24) is 19.9 Å². The van der Waals surface area contributed by atoms with E-state index >= 15 is 0 Å². The molecule has 1 fully saturated rings. The molecule has 4 atom stereocenters. The number of likely N-dealkylation sites (tertiary alicyclic amines) is 1. The Hall–Kier alpha value is -4.94. The number of Topliss-reactive ketones (excluding diaryl/α,β-unsaturated/α-hetero) is 6. The lowest BCUT2D eigenvalue weighted by Crippen LogP contribution is -2.53. The van der Waals surface area contributed by atoms with Gasteiger partial charge in [-0.1, -0.05) is 18.2 Å². The number of nitrogens with two attached hydrogens (primary N) is 1. The van der Waals surface area contributed by atoms with E-state index in [0.717, 1.165) is 6.29 Å². The quantitative estimate of drug-likeness (QED) is 0.269. The lowest BCUT2D eigenvalue weighted by molar-refractivity contribution is -0.150. The van der Waals surface area contributed by atoms with Gasteiger partial charge in [0.15, 0.2) is 12.1 Å². The summed E-state index contributed by atoms with van der Waals surface area (Å²) in [5.41, 5.74) is 6.24. The molecule has 1 aliphatic rings. The second-order valence-electron chi connectivity index (χ2n) is 10.3. The van der Waals surface area contributed by atoms with E-state index in [1.165, 1.54) is 34.7 Å². The molecule has 46 heavy (non-hydrogen) atoms. The fraction of sp³-hybridized carbons (Fsp3) is 0.353. The molecule has 1 saturated heterocycles. The first kappa shape index (κ1) is 39.1. The van der Waals surface area contributed by atoms with Crippen LogP contribution in [-0.4, -0.2) is 74.9 Å². The van der Waals surface area contributed by atoms with E-state index in [-0.39, 0.29) is 47.5 Å². The molecule has 4 unspecified atom stereocenters. The normalized spacial score (nSPS) is 18.5. The molecule has 0 radical (unpaired) electrons. The number of piperidine rings is 1. The fourth-order valence-electron chi connectivity index (χ4n) is 4.92. The lowest BCUT2D eigenvalue weighted by atomic mass is 9.72. The van der Waals surface area contributed by atoms with E-state index in [0.29, 0.717) is 17.1 Å². The van der Waals surface area contributed by atoms with Gasteiger partial charge in [-0.3, -0.25) is 53.4 Å². The molecule has 12 nitrogen and oxygen atoms in total. The van der Waals surface area contributed by atoms with Crippen LogP contribution >= 0.6 is 0 Å². The molecule has 2 N–H and O–H groups in total. The van der Waals surface area contributed by atoms with Crippen LogP contribution in [0.3, 0.4) is 0 Å². The maximum atomic E-state index is 13.2. The zero-order valence-corrected chi connectivity index (χ0v) is 27.0. The molecule has 0 spiro atoms. The number of rotatable bonds is 9. The van der Waals surface area contributed by atoms with Crippen molar-refractivity contribution in [3.05, 3.63) is 90.3 Å². The van der Waals surface area contributed by atoms with Crippen molar-refractivity contribution in [3.8, 4) is 0 Å². The molecule has 3 aromatic rings. The molecular formula is C34H41N5O7. The van der Waals surface area contributed by atoms with Gasteiger partial charge >= 0.3 is 0 Å². The average Bonchev–Trinajstić information content (AvgIpc) is 3.03. The van der Waals surface area contributed by atoms with Crippen LogP contribution < -0.4 is 5.73 Å². The van der Waals surface area contributed by atoms with Gasteiger partial charge in [-0.25, -0.2) is 0 Å². The van der Waals surface area contributed by atoms with E-state index in [2.05, 4.69) is 20.7 Å². The van der Waals surface area contributed by atoms with Crippen molar-refractivity contribution in [3.63, 3.8) is 0 Å². The highest BCUT2D eigenvalue weighted by molar-refractivity contribution is 6.12. The molecule has 4 heterocycles. The molecule has 244 valence electrons. The van der Waals surface area contributed by atoms with Crippen LogP contribution in [0, 0.1) is 11.8 Å². The summed E-state index contributed by atoms with van der Waals surface area (Å²) < 4.78 is 0. The second-order valence-corrected chi connectivity index (χ2v) is 10.3. The van der Waals surface area contributed by atoms with Gasteiger partial charge in [-0.15, -0.1) is 0 Å². The summed E-state index contributed by atoms with van der Waals surface area (Å²) in [6.45, 7) is 5.45. The Morgan fingerprint density at radius 3 is 1.35 bits per heavy atom. The third-order valence-electron chi connectivity index (χ3n) is 6.68. The van der Waals surface area contributed by atoms with Gasteiger partial charge in [-0.05, 0) is 78.2 Å². The predicted molar refractivity (Wildman–Crippen MR) is 170 cm³/mol. The molecule has 0 aromatic carbocycles. The molecule has 0 amide bonds. The van der Waals surface area contributed by atoms with E-state index in [1.54, 1.807) is 61.1 Å². The van der Waals surface area contributed by atoms with Gasteiger partial charge in [0.05, 0.1) is 48.1 Å². The Balaban J connectivity index is 0.000000433. The van der Waals surface area contributed by atoms with Crippen LogP contribution in [0.2, 0.25) is 0 Å². The van der Waals surface area contributed by atoms with Crippen LogP contribution in [-0.2, 0) is 28.8 Å². The van der Waals surface area contributed by atoms with Crippen molar-refractivity contribution in [1.29, 1.82) is 0 Å². The summed E-state index contributed by atoms with van der Waals surface area (Å²) in [6.07, 6.45) is 5.36. The summed E-state index contributed by atoms with van der Waals surface area (Å²) in [6, 6.07) is 14.9. The second kappa shape index (κ2) is 20.2. The van der Waals surface area contributed by atoms with Crippen molar-refractivity contribution in [2.45, 2.75) is 52.6 Å². The van der Waals surface area contributed by atoms with Gasteiger partial charge < -0.3 is 5.73 Å². The van der Waals surface area contributed by atoms with Crippen molar-refractivity contribution < 1.29 is 33.6 Å². The topological polar surface area (TPSA) is 187 Å². The number of ketones is 6. The summed E-state index contributed by atoms with van der Waals surface area (Å²) in [5.74, 6) is -3.40. The molecule has 0 bridgehead atoms. The van der Waals surface area contributed by atoms with Crippen LogP contribution in [0.15, 0.2) is 73.2 Å². The first-order valence-corrected chi connectivity index (χ1v) is 14.4. The van der Waals surface area contributed by atoms with Crippen LogP contribution in [0.5, 0.6) is 0 Å². The highest BCUT2D eigenvalue weighted by Crippen LogP contribution is 2.44. The Kier molecular flexibility index (Phi) is 17.1. The minimum atomic E-state index is -0.927. The monoisotopic (exact) mass is 631 g/mol. The Bertz CT molecular complexity index is 1380. The predicted octanol–water partition coefficient (Wildman–Crippen LogP) is 3.17. The third kappa shape index (κ3) is 11.9. The Morgan fingerprint density at radius 1 is 0.696 bits per heavy atom. The minimum Gasteiger partial charge on any atom is -0.333 e. The average molecular weight is 632 g/mol. The number of hydrogen-bond donors (Lipinski definition) is 1. The Labute approximate surface area is 268 Å². The van der Waals surface area contributed by atoms with E-state index in [1.807, 2.05) is 24.1 Å². The first-order valence-electron chi connectivity index (χ1n) is 14.4. The number of aldehydes is 1. The number of pyridine rings is 3. The molecule has 3 aromatic heterocycles. The largest absolute Gasteiger partial charge is 0.333 e. The minimum absolute atomic E-state index is 0.112. The number of carbonyl (C=O) groups is 7. The van der Waals surface area contributed by atoms with Gasteiger partial charge in [0.2, 0.25) is 0 Å². The van der Waals surface area contributed by atoms with Crippen LogP contribution in [0.4, 0.5) is 0 Å². The highest BCUT2D eigenvalue weighted by Gasteiger charge is 2.52. The molecule has 0 aliphatic carbocycles. The molecule has 4 rings (SSSR count). The Morgan fingerprint density at radius 2 is 1.09 bits per heavy atom.